The van der Waals surface area contributed by atoms with Crippen LogP contribution in [0.25, 0.3) is 0 Å². The molecule has 0 aliphatic heterocycles. The number of likely N-dealkylation sites (N-methyl/N-ethyl adjacent to an activating group) is 1. The molecule has 6 nitrogen and oxygen atoms in total. The number of ether oxygens (including phenoxy) is 1. The molecule has 0 heterocycles. The predicted molar refractivity (Wildman–Crippen MR) is 71.6 cm³/mol. The van der Waals surface area contributed by atoms with Crippen LogP contribution in [0.15, 0.2) is 18.2 Å². The van der Waals surface area contributed by atoms with Crippen LogP contribution in [0, 0.1) is 10.1 Å². The number of hydrogen-bond acceptors (Lipinski definition) is 4. The van der Waals surface area contributed by atoms with Crippen LogP contribution in [-0.2, 0) is 4.74 Å². The predicted octanol–water partition coefficient (Wildman–Crippen LogP) is 2.36. The van der Waals surface area contributed by atoms with Gasteiger partial charge in [0.05, 0.1) is 11.5 Å². The van der Waals surface area contributed by atoms with Crippen molar-refractivity contribution in [1.29, 1.82) is 0 Å². The molecule has 19 heavy (non-hydrogen) atoms. The Morgan fingerprint density at radius 1 is 1.53 bits per heavy atom. The fraction of sp³-hybridized carbons (Fsp3) is 0.417. The molecule has 0 aliphatic carbocycles. The van der Waals surface area contributed by atoms with Gasteiger partial charge in [0.1, 0.15) is 10.6 Å². The summed E-state index contributed by atoms with van der Waals surface area (Å²) in [5.74, 6) is -0.422. The lowest BCUT2D eigenvalue weighted by molar-refractivity contribution is -0.385. The van der Waals surface area contributed by atoms with Gasteiger partial charge in [-0.05, 0) is 19.1 Å². The highest BCUT2D eigenvalue weighted by Gasteiger charge is 2.26. The number of para-hydroxylation sites is 1. The summed E-state index contributed by atoms with van der Waals surface area (Å²) in [6.45, 7) is 2.97. The Hall–Kier alpha value is -1.66. The smallest absolute Gasteiger partial charge is 0.300 e. The Labute approximate surface area is 116 Å². The summed E-state index contributed by atoms with van der Waals surface area (Å²) < 4.78 is 4.91. The van der Waals surface area contributed by atoms with E-state index in [0.29, 0.717) is 19.7 Å². The number of nitro groups is 1. The first-order valence-electron chi connectivity index (χ1n) is 5.74. The minimum absolute atomic E-state index is 0.00421. The van der Waals surface area contributed by atoms with Crippen molar-refractivity contribution in [1.82, 2.24) is 4.90 Å². The lowest BCUT2D eigenvalue weighted by Crippen LogP contribution is -2.34. The summed E-state index contributed by atoms with van der Waals surface area (Å²) in [7, 11) is 1.53. The average Bonchev–Trinajstić information content (AvgIpc) is 2.38. The van der Waals surface area contributed by atoms with Gasteiger partial charge in [-0.1, -0.05) is 17.7 Å². The SMILES string of the molecule is CCN(CCOC)C(=O)c1cccc(Cl)c1[N+](=O)[O-]. The van der Waals surface area contributed by atoms with Gasteiger partial charge in [0, 0.05) is 20.2 Å². The van der Waals surface area contributed by atoms with Gasteiger partial charge >= 0.3 is 5.69 Å². The number of carbonyl (C=O) groups excluding carboxylic acids is 1. The summed E-state index contributed by atoms with van der Waals surface area (Å²) in [6.07, 6.45) is 0. The Morgan fingerprint density at radius 3 is 2.74 bits per heavy atom. The van der Waals surface area contributed by atoms with E-state index >= 15 is 0 Å². The topological polar surface area (TPSA) is 72.7 Å². The molecule has 1 rings (SSSR count). The molecular formula is C12H15ClN2O4. The second-order valence-corrected chi connectivity index (χ2v) is 4.18. The van der Waals surface area contributed by atoms with Crippen molar-refractivity contribution < 1.29 is 14.5 Å². The van der Waals surface area contributed by atoms with Crippen molar-refractivity contribution in [2.24, 2.45) is 0 Å². The van der Waals surface area contributed by atoms with Crippen LogP contribution in [0.3, 0.4) is 0 Å². The minimum atomic E-state index is -0.639. The molecule has 0 N–H and O–H groups in total. The molecule has 0 saturated heterocycles. The Balaban J connectivity index is 3.11. The molecule has 0 radical (unpaired) electrons. The van der Waals surface area contributed by atoms with E-state index in [1.54, 1.807) is 6.92 Å². The van der Waals surface area contributed by atoms with E-state index in [2.05, 4.69) is 0 Å². The van der Waals surface area contributed by atoms with Gasteiger partial charge in [0.15, 0.2) is 0 Å². The fourth-order valence-electron chi connectivity index (χ4n) is 1.65. The summed E-state index contributed by atoms with van der Waals surface area (Å²) in [4.78, 5) is 24.1. The largest absolute Gasteiger partial charge is 0.383 e. The minimum Gasteiger partial charge on any atom is -0.383 e. The van der Waals surface area contributed by atoms with Crippen LogP contribution in [-0.4, -0.2) is 42.5 Å². The molecule has 0 atom stereocenters. The van der Waals surface area contributed by atoms with E-state index in [9.17, 15) is 14.9 Å². The van der Waals surface area contributed by atoms with Crippen molar-refractivity contribution >= 4 is 23.2 Å². The van der Waals surface area contributed by atoms with Crippen LogP contribution in [0.5, 0.6) is 0 Å². The third-order valence-electron chi connectivity index (χ3n) is 2.63. The summed E-state index contributed by atoms with van der Waals surface area (Å²) in [5.41, 5.74) is -0.361. The molecule has 104 valence electrons. The number of nitro benzene ring substituents is 1. The van der Waals surface area contributed by atoms with E-state index < -0.39 is 10.8 Å². The first-order valence-corrected chi connectivity index (χ1v) is 6.11. The normalized spacial score (nSPS) is 10.3. The standard InChI is InChI=1S/C12H15ClN2O4/c1-3-14(7-8-19-2)12(16)9-5-4-6-10(13)11(9)15(17)18/h4-6H,3,7-8H2,1-2H3. The molecule has 0 saturated carbocycles. The maximum Gasteiger partial charge on any atom is 0.300 e. The fourth-order valence-corrected chi connectivity index (χ4v) is 1.89. The average molecular weight is 287 g/mol. The van der Waals surface area contributed by atoms with Gasteiger partial charge in [-0.15, -0.1) is 0 Å². The van der Waals surface area contributed by atoms with Crippen LogP contribution < -0.4 is 0 Å². The lowest BCUT2D eigenvalue weighted by atomic mass is 10.1. The summed E-state index contributed by atoms with van der Waals surface area (Å²) >= 11 is 5.78. The van der Waals surface area contributed by atoms with Crippen LogP contribution in [0.1, 0.15) is 17.3 Å². The molecule has 0 unspecified atom stereocenters. The summed E-state index contributed by atoms with van der Waals surface area (Å²) in [6, 6.07) is 4.32. The Bertz CT molecular complexity index is 479. The number of carbonyl (C=O) groups is 1. The van der Waals surface area contributed by atoms with E-state index in [-0.39, 0.29) is 16.3 Å². The molecule has 0 bridgehead atoms. The third-order valence-corrected chi connectivity index (χ3v) is 2.94. The van der Waals surface area contributed by atoms with Crippen molar-refractivity contribution in [3.63, 3.8) is 0 Å². The van der Waals surface area contributed by atoms with Gasteiger partial charge in [0.25, 0.3) is 5.91 Å². The monoisotopic (exact) mass is 286 g/mol. The van der Waals surface area contributed by atoms with Crippen molar-refractivity contribution in [3.8, 4) is 0 Å². The highest BCUT2D eigenvalue weighted by molar-refractivity contribution is 6.33. The first-order chi connectivity index (χ1) is 9.02. The first kappa shape index (κ1) is 15.4. The molecule has 7 heteroatoms. The van der Waals surface area contributed by atoms with Crippen molar-refractivity contribution in [3.05, 3.63) is 38.9 Å². The molecule has 0 fully saturated rings. The van der Waals surface area contributed by atoms with Gasteiger partial charge in [0.2, 0.25) is 0 Å². The highest BCUT2D eigenvalue weighted by atomic mass is 35.5. The van der Waals surface area contributed by atoms with Crippen LogP contribution in [0.2, 0.25) is 5.02 Å². The Kier molecular flexibility index (Phi) is 5.72. The molecule has 0 aliphatic rings. The van der Waals surface area contributed by atoms with Crippen LogP contribution in [0.4, 0.5) is 5.69 Å². The number of halogens is 1. The number of amides is 1. The number of methoxy groups -OCH3 is 1. The number of benzene rings is 1. The number of rotatable bonds is 6. The van der Waals surface area contributed by atoms with Gasteiger partial charge in [-0.25, -0.2) is 0 Å². The molecule has 1 amide bonds. The van der Waals surface area contributed by atoms with E-state index in [4.69, 9.17) is 16.3 Å². The maximum absolute atomic E-state index is 12.3. The van der Waals surface area contributed by atoms with Gasteiger partial charge in [-0.3, -0.25) is 14.9 Å². The molecule has 0 spiro atoms. The third kappa shape index (κ3) is 3.65. The zero-order valence-corrected chi connectivity index (χ0v) is 11.5. The van der Waals surface area contributed by atoms with Gasteiger partial charge < -0.3 is 9.64 Å². The zero-order chi connectivity index (χ0) is 14.4. The van der Waals surface area contributed by atoms with E-state index in [1.165, 1.54) is 30.2 Å². The van der Waals surface area contributed by atoms with Crippen LogP contribution >= 0.6 is 11.6 Å². The highest BCUT2D eigenvalue weighted by Crippen LogP contribution is 2.29. The second kappa shape index (κ2) is 7.06. The lowest BCUT2D eigenvalue weighted by Gasteiger charge is -2.20. The number of hydrogen-bond donors (Lipinski definition) is 0. The molecule has 1 aromatic carbocycles. The quantitative estimate of drug-likeness (QED) is 0.594. The molecule has 0 aromatic heterocycles. The van der Waals surface area contributed by atoms with E-state index in [0.717, 1.165) is 0 Å². The second-order valence-electron chi connectivity index (χ2n) is 3.77. The number of nitrogens with zero attached hydrogens (tertiary/aromatic N) is 2. The molecular weight excluding hydrogens is 272 g/mol. The van der Waals surface area contributed by atoms with Crippen molar-refractivity contribution in [2.45, 2.75) is 6.92 Å². The molecule has 1 aromatic rings. The summed E-state index contributed by atoms with van der Waals surface area (Å²) in [5, 5.41) is 11.0. The Morgan fingerprint density at radius 2 is 2.21 bits per heavy atom. The van der Waals surface area contributed by atoms with Crippen molar-refractivity contribution in [2.75, 3.05) is 26.8 Å². The zero-order valence-electron chi connectivity index (χ0n) is 10.8. The van der Waals surface area contributed by atoms with Gasteiger partial charge in [-0.2, -0.15) is 0 Å². The van der Waals surface area contributed by atoms with E-state index in [1.807, 2.05) is 0 Å². The maximum atomic E-state index is 12.3.